The first-order valence-electron chi connectivity index (χ1n) is 10.1. The van der Waals surface area contributed by atoms with Gasteiger partial charge in [0.1, 0.15) is 9.84 Å². The highest BCUT2D eigenvalue weighted by molar-refractivity contribution is 7.90. The molecule has 4 rings (SSSR count). The molecular formula is C21H27N3O3S2. The van der Waals surface area contributed by atoms with Crippen molar-refractivity contribution in [2.24, 2.45) is 5.92 Å². The lowest BCUT2D eigenvalue weighted by Gasteiger charge is -2.38. The van der Waals surface area contributed by atoms with Crippen LogP contribution in [0.4, 0.5) is 0 Å². The maximum atomic E-state index is 13.3. The molecule has 1 aromatic carbocycles. The van der Waals surface area contributed by atoms with Gasteiger partial charge in [0.2, 0.25) is 5.91 Å². The molecule has 1 amide bonds. The molecule has 0 saturated carbocycles. The summed E-state index contributed by atoms with van der Waals surface area (Å²) in [6.45, 7) is 3.33. The summed E-state index contributed by atoms with van der Waals surface area (Å²) in [5.74, 6) is 0.450. The van der Waals surface area contributed by atoms with Crippen LogP contribution in [0.1, 0.15) is 23.8 Å². The van der Waals surface area contributed by atoms with Gasteiger partial charge in [-0.1, -0.05) is 24.3 Å². The summed E-state index contributed by atoms with van der Waals surface area (Å²) >= 11 is 1.70. The molecule has 1 aliphatic carbocycles. The molecule has 8 heteroatoms. The first kappa shape index (κ1) is 20.5. The molecule has 0 radical (unpaired) electrons. The predicted molar refractivity (Wildman–Crippen MR) is 117 cm³/mol. The first-order chi connectivity index (χ1) is 13.9. The van der Waals surface area contributed by atoms with Crippen molar-refractivity contribution < 1.29 is 13.2 Å². The number of benzene rings is 1. The van der Waals surface area contributed by atoms with Crippen molar-refractivity contribution in [1.29, 1.82) is 0 Å². The highest BCUT2D eigenvalue weighted by Gasteiger charge is 2.35. The van der Waals surface area contributed by atoms with Gasteiger partial charge < -0.3 is 4.90 Å². The van der Waals surface area contributed by atoms with E-state index in [9.17, 15) is 13.2 Å². The fourth-order valence-electron chi connectivity index (χ4n) is 4.13. The van der Waals surface area contributed by atoms with E-state index >= 15 is 0 Å². The van der Waals surface area contributed by atoms with Crippen molar-refractivity contribution in [3.63, 3.8) is 0 Å². The van der Waals surface area contributed by atoms with Crippen molar-refractivity contribution in [3.05, 3.63) is 41.4 Å². The number of aromatic nitrogens is 1. The number of piperazine rings is 1. The van der Waals surface area contributed by atoms with Gasteiger partial charge in [0, 0.05) is 44.9 Å². The number of thiazole rings is 1. The minimum absolute atomic E-state index is 0.0665. The number of hydrogen-bond donors (Lipinski definition) is 0. The summed E-state index contributed by atoms with van der Waals surface area (Å²) in [5.41, 5.74) is 1.01. The Kier molecular flexibility index (Phi) is 6.03. The van der Waals surface area contributed by atoms with Crippen LogP contribution in [0, 0.1) is 5.92 Å². The second-order valence-corrected chi connectivity index (χ2v) is 11.3. The van der Waals surface area contributed by atoms with Gasteiger partial charge in [0.15, 0.2) is 0 Å². The second kappa shape index (κ2) is 8.53. The van der Waals surface area contributed by atoms with E-state index in [-0.39, 0.29) is 23.5 Å². The molecule has 1 saturated heterocycles. The number of carbonyl (C=O) groups excluding carboxylic acids is 1. The van der Waals surface area contributed by atoms with Crippen molar-refractivity contribution in [2.45, 2.75) is 18.8 Å². The average Bonchev–Trinajstić information content (AvgIpc) is 3.16. The lowest BCUT2D eigenvalue weighted by Crippen LogP contribution is -2.51. The first-order valence-corrected chi connectivity index (χ1v) is 13.0. The van der Waals surface area contributed by atoms with Crippen molar-refractivity contribution in [3.8, 4) is 0 Å². The zero-order valence-electron chi connectivity index (χ0n) is 16.7. The number of hydrogen-bond acceptors (Lipinski definition) is 6. The molecule has 0 N–H and O–H groups in total. The minimum atomic E-state index is -2.96. The van der Waals surface area contributed by atoms with Crippen LogP contribution in [0.15, 0.2) is 36.4 Å². The fourth-order valence-corrected chi connectivity index (χ4v) is 5.87. The number of fused-ring (bicyclic) bond motifs is 1. The Morgan fingerprint density at radius 2 is 1.86 bits per heavy atom. The number of amides is 1. The molecule has 29 heavy (non-hydrogen) atoms. The maximum absolute atomic E-state index is 13.3. The van der Waals surface area contributed by atoms with E-state index in [1.807, 2.05) is 23.1 Å². The number of carbonyl (C=O) groups is 1. The second-order valence-electron chi connectivity index (χ2n) is 7.97. The maximum Gasteiger partial charge on any atom is 0.226 e. The molecule has 2 heterocycles. The number of sulfone groups is 1. The summed E-state index contributed by atoms with van der Waals surface area (Å²) in [5, 5.41) is 1.06. The van der Waals surface area contributed by atoms with Crippen LogP contribution in [-0.4, -0.2) is 73.8 Å². The van der Waals surface area contributed by atoms with Crippen molar-refractivity contribution in [2.75, 3.05) is 44.7 Å². The van der Waals surface area contributed by atoms with Crippen LogP contribution in [0.2, 0.25) is 0 Å². The van der Waals surface area contributed by atoms with Crippen LogP contribution in [0.3, 0.4) is 0 Å². The smallest absolute Gasteiger partial charge is 0.226 e. The molecule has 2 aromatic rings. The Labute approximate surface area is 176 Å². The SMILES string of the molecule is CS(=O)(=O)CCN1CCN(C(=O)C2CC=CCC2c2nc3ccccc3s2)CC1. The minimum Gasteiger partial charge on any atom is -0.340 e. The fraction of sp³-hybridized carbons (Fsp3) is 0.524. The standard InChI is InChI=1S/C21H27N3O3S2/c1-29(26,27)15-14-23-10-12-24(13-11-23)21(25)17-7-3-2-6-16(17)20-22-18-8-4-5-9-19(18)28-20/h2-5,8-9,16-17H,6-7,10-15H2,1H3. The number of allylic oxidation sites excluding steroid dienone is 2. The number of para-hydroxylation sites is 1. The van der Waals surface area contributed by atoms with E-state index in [2.05, 4.69) is 23.1 Å². The Bertz CT molecular complexity index is 974. The molecule has 1 fully saturated rings. The summed E-state index contributed by atoms with van der Waals surface area (Å²) in [7, 11) is -2.96. The average molecular weight is 434 g/mol. The zero-order valence-corrected chi connectivity index (χ0v) is 18.3. The lowest BCUT2D eigenvalue weighted by atomic mass is 9.82. The largest absolute Gasteiger partial charge is 0.340 e. The zero-order chi connectivity index (χ0) is 20.4. The molecule has 156 valence electrons. The van der Waals surface area contributed by atoms with Gasteiger partial charge in [0.25, 0.3) is 0 Å². The molecule has 2 atom stereocenters. The van der Waals surface area contributed by atoms with Gasteiger partial charge in [0.05, 0.1) is 26.9 Å². The molecular weight excluding hydrogens is 406 g/mol. The topological polar surface area (TPSA) is 70.6 Å². The number of rotatable bonds is 5. The van der Waals surface area contributed by atoms with Gasteiger partial charge in [-0.25, -0.2) is 13.4 Å². The van der Waals surface area contributed by atoms with Crippen LogP contribution >= 0.6 is 11.3 Å². The summed E-state index contributed by atoms with van der Waals surface area (Å²) in [4.78, 5) is 22.2. The van der Waals surface area contributed by atoms with Crippen LogP contribution in [0.25, 0.3) is 10.2 Å². The quantitative estimate of drug-likeness (QED) is 0.678. The van der Waals surface area contributed by atoms with Gasteiger partial charge in [-0.05, 0) is 25.0 Å². The summed E-state index contributed by atoms with van der Waals surface area (Å²) in [6.07, 6.45) is 7.17. The van der Waals surface area contributed by atoms with E-state index in [4.69, 9.17) is 4.98 Å². The Hall–Kier alpha value is -1.77. The van der Waals surface area contributed by atoms with Gasteiger partial charge in [-0.15, -0.1) is 11.3 Å². The van der Waals surface area contributed by atoms with E-state index < -0.39 is 9.84 Å². The third kappa shape index (κ3) is 4.87. The molecule has 1 aromatic heterocycles. The molecule has 1 aliphatic heterocycles. The molecule has 2 aliphatic rings. The third-order valence-corrected chi connectivity index (χ3v) is 7.93. The molecule has 6 nitrogen and oxygen atoms in total. The normalized spacial score (nSPS) is 23.6. The predicted octanol–water partition coefficient (Wildman–Crippen LogP) is 2.53. The van der Waals surface area contributed by atoms with Crippen LogP contribution in [-0.2, 0) is 14.6 Å². The van der Waals surface area contributed by atoms with Gasteiger partial charge in [-0.3, -0.25) is 9.69 Å². The highest BCUT2D eigenvalue weighted by atomic mass is 32.2. The van der Waals surface area contributed by atoms with Crippen molar-refractivity contribution in [1.82, 2.24) is 14.8 Å². The van der Waals surface area contributed by atoms with E-state index in [1.165, 1.54) is 11.0 Å². The monoisotopic (exact) mass is 433 g/mol. The lowest BCUT2D eigenvalue weighted by molar-refractivity contribution is -0.138. The molecule has 0 bridgehead atoms. The Morgan fingerprint density at radius 3 is 2.59 bits per heavy atom. The van der Waals surface area contributed by atoms with Gasteiger partial charge in [-0.2, -0.15) is 0 Å². The summed E-state index contributed by atoms with van der Waals surface area (Å²) < 4.78 is 23.9. The summed E-state index contributed by atoms with van der Waals surface area (Å²) in [6, 6.07) is 8.14. The number of nitrogens with zero attached hydrogens (tertiary/aromatic N) is 3. The Balaban J connectivity index is 1.42. The van der Waals surface area contributed by atoms with Crippen LogP contribution < -0.4 is 0 Å². The molecule has 2 unspecified atom stereocenters. The van der Waals surface area contributed by atoms with E-state index in [0.717, 1.165) is 36.5 Å². The van der Waals surface area contributed by atoms with Crippen molar-refractivity contribution >= 4 is 37.3 Å². The Morgan fingerprint density at radius 1 is 1.14 bits per heavy atom. The third-order valence-electron chi connectivity index (χ3n) is 5.84. The van der Waals surface area contributed by atoms with E-state index in [1.54, 1.807) is 11.3 Å². The van der Waals surface area contributed by atoms with Crippen LogP contribution in [0.5, 0.6) is 0 Å². The van der Waals surface area contributed by atoms with Gasteiger partial charge >= 0.3 is 0 Å². The van der Waals surface area contributed by atoms with E-state index in [0.29, 0.717) is 19.6 Å². The molecule has 0 spiro atoms. The highest BCUT2D eigenvalue weighted by Crippen LogP contribution is 2.39.